The summed E-state index contributed by atoms with van der Waals surface area (Å²) in [6.45, 7) is 0. The minimum atomic E-state index is -0.455. The lowest BCUT2D eigenvalue weighted by Gasteiger charge is -2.05. The molecule has 10 nitrogen and oxygen atoms in total. The van der Waals surface area contributed by atoms with E-state index in [-0.39, 0.29) is 5.69 Å². The average molecular weight is 532 g/mol. The Labute approximate surface area is 191 Å². The number of ether oxygens (including phenoxy) is 1. The third-order valence-electron chi connectivity index (χ3n) is 5.11. The van der Waals surface area contributed by atoms with Gasteiger partial charge in [-0.2, -0.15) is 10.2 Å². The van der Waals surface area contributed by atoms with Gasteiger partial charge in [0.05, 0.1) is 28.9 Å². The number of nitrogens with zero attached hydrogens (tertiary/aromatic N) is 4. The summed E-state index contributed by atoms with van der Waals surface area (Å²) in [4.78, 5) is 20.2. The van der Waals surface area contributed by atoms with Gasteiger partial charge in [-0.15, -0.1) is 0 Å². The van der Waals surface area contributed by atoms with Crippen LogP contribution in [0.2, 0.25) is 0 Å². The summed E-state index contributed by atoms with van der Waals surface area (Å²) in [5.41, 5.74) is 2.04. The number of hydrogen-bond acceptors (Lipinski definition) is 8. The van der Waals surface area contributed by atoms with Crippen molar-refractivity contribution in [1.29, 1.82) is 0 Å². The molecule has 2 aliphatic rings. The van der Waals surface area contributed by atoms with Crippen molar-refractivity contribution in [3.8, 4) is 0 Å². The van der Waals surface area contributed by atoms with Crippen LogP contribution in [0.5, 0.6) is 0 Å². The van der Waals surface area contributed by atoms with Crippen LogP contribution in [0.25, 0.3) is 21.8 Å². The average Bonchev–Trinajstić information content (AvgIpc) is 3.70. The first-order valence-corrected chi connectivity index (χ1v) is 11.1. The molecule has 160 valence electrons. The number of hydrogen-bond donors (Lipinski definition) is 4. The van der Waals surface area contributed by atoms with Gasteiger partial charge in [-0.3, -0.25) is 10.2 Å². The van der Waals surface area contributed by atoms with E-state index in [1.807, 2.05) is 6.07 Å². The fourth-order valence-electron chi connectivity index (χ4n) is 3.20. The van der Waals surface area contributed by atoms with Crippen LogP contribution < -0.4 is 10.6 Å². The number of halogens is 1. The fourth-order valence-corrected chi connectivity index (χ4v) is 3.85. The lowest BCUT2D eigenvalue weighted by atomic mass is 10.2. The fraction of sp³-hybridized carbons (Fsp3) is 0.350. The molecule has 4 aromatic heterocycles. The zero-order chi connectivity index (χ0) is 21.4. The monoisotopic (exact) mass is 532 g/mol. The SMILES string of the molecule is COC(=O)c1n[nH]c2ccnc(NC3CC3)c12.Ic1[nH]nc2ccnc(NC3CC3)c12. The van der Waals surface area contributed by atoms with E-state index >= 15 is 0 Å². The number of nitrogens with one attached hydrogen (secondary N) is 4. The highest BCUT2D eigenvalue weighted by Crippen LogP contribution is 2.30. The van der Waals surface area contributed by atoms with Crippen LogP contribution in [-0.2, 0) is 4.74 Å². The predicted octanol–water partition coefficient (Wildman–Crippen LogP) is 3.46. The van der Waals surface area contributed by atoms with Gasteiger partial charge in [0.25, 0.3) is 0 Å². The Morgan fingerprint density at radius 3 is 2.29 bits per heavy atom. The van der Waals surface area contributed by atoms with Crippen molar-refractivity contribution < 1.29 is 9.53 Å². The maximum atomic E-state index is 11.6. The molecule has 2 saturated carbocycles. The Morgan fingerprint density at radius 2 is 1.65 bits per heavy atom. The van der Waals surface area contributed by atoms with Crippen molar-refractivity contribution in [1.82, 2.24) is 30.4 Å². The number of rotatable bonds is 5. The number of anilines is 2. The van der Waals surface area contributed by atoms with E-state index in [1.54, 1.807) is 18.5 Å². The highest BCUT2D eigenvalue weighted by molar-refractivity contribution is 14.1. The van der Waals surface area contributed by atoms with Gasteiger partial charge in [0.15, 0.2) is 5.69 Å². The van der Waals surface area contributed by atoms with E-state index in [2.05, 4.69) is 63.6 Å². The molecule has 4 N–H and O–H groups in total. The number of aromatic nitrogens is 6. The van der Waals surface area contributed by atoms with Crippen LogP contribution in [-0.4, -0.2) is 55.5 Å². The van der Waals surface area contributed by atoms with Crippen molar-refractivity contribution in [2.45, 2.75) is 37.8 Å². The molecule has 4 heterocycles. The summed E-state index contributed by atoms with van der Waals surface area (Å²) in [7, 11) is 1.34. The summed E-state index contributed by atoms with van der Waals surface area (Å²) in [5.74, 6) is 1.20. The van der Waals surface area contributed by atoms with Crippen molar-refractivity contribution in [2.75, 3.05) is 17.7 Å². The van der Waals surface area contributed by atoms with Crippen LogP contribution in [0.15, 0.2) is 24.5 Å². The Balaban J connectivity index is 0.000000134. The minimum absolute atomic E-state index is 0.277. The van der Waals surface area contributed by atoms with Gasteiger partial charge in [0.1, 0.15) is 15.3 Å². The summed E-state index contributed by atoms with van der Waals surface area (Å²) in [5, 5.41) is 22.4. The van der Waals surface area contributed by atoms with E-state index in [1.165, 1.54) is 20.0 Å². The van der Waals surface area contributed by atoms with Crippen molar-refractivity contribution >= 4 is 62.0 Å². The molecule has 0 bridgehead atoms. The van der Waals surface area contributed by atoms with Crippen LogP contribution in [0.3, 0.4) is 0 Å². The zero-order valence-electron chi connectivity index (χ0n) is 16.8. The Hall–Kier alpha value is -2.96. The molecule has 0 radical (unpaired) electrons. The zero-order valence-corrected chi connectivity index (χ0v) is 18.9. The molecule has 6 rings (SSSR count). The number of carbonyl (C=O) groups is 1. The quantitative estimate of drug-likeness (QED) is 0.227. The van der Waals surface area contributed by atoms with E-state index in [9.17, 15) is 4.79 Å². The third kappa shape index (κ3) is 4.27. The van der Waals surface area contributed by atoms with E-state index in [0.29, 0.717) is 23.3 Å². The van der Waals surface area contributed by atoms with Gasteiger partial charge in [-0.1, -0.05) is 0 Å². The summed E-state index contributed by atoms with van der Waals surface area (Å²) in [6.07, 6.45) is 8.28. The predicted molar refractivity (Wildman–Crippen MR) is 125 cm³/mol. The summed E-state index contributed by atoms with van der Waals surface area (Å²) in [6, 6.07) is 4.80. The molecule has 2 fully saturated rings. The lowest BCUT2D eigenvalue weighted by molar-refractivity contribution is 0.0596. The second-order valence-corrected chi connectivity index (χ2v) is 8.65. The molecular weight excluding hydrogens is 511 g/mol. The molecule has 31 heavy (non-hydrogen) atoms. The molecule has 11 heteroatoms. The first kappa shape index (κ1) is 20.0. The molecule has 0 atom stereocenters. The maximum Gasteiger partial charge on any atom is 0.359 e. The van der Waals surface area contributed by atoms with Gasteiger partial charge in [-0.25, -0.2) is 14.8 Å². The van der Waals surface area contributed by atoms with Crippen molar-refractivity contribution in [3.05, 3.63) is 33.9 Å². The van der Waals surface area contributed by atoms with Gasteiger partial charge in [0, 0.05) is 24.5 Å². The normalized spacial score (nSPS) is 15.4. The Morgan fingerprint density at radius 1 is 1.00 bits per heavy atom. The third-order valence-corrected chi connectivity index (χ3v) is 5.89. The van der Waals surface area contributed by atoms with Gasteiger partial charge >= 0.3 is 5.97 Å². The summed E-state index contributed by atoms with van der Waals surface area (Å²) < 4.78 is 5.75. The standard InChI is InChI=1S/C11H12N4O2.C9H9IN4/c1-17-11(16)9-8-7(14-15-9)4-5-12-10(8)13-6-2-3-6;10-8-7-6(13-14-8)3-4-11-9(7)12-5-1-2-5/h4-6H,2-3H2,1H3,(H,12,13)(H,14,15);3-5H,1-2H2,(H,11,12)(H,13,14). The van der Waals surface area contributed by atoms with Crippen LogP contribution in [0.1, 0.15) is 36.2 Å². The number of fused-ring (bicyclic) bond motifs is 2. The molecule has 2 aliphatic carbocycles. The van der Waals surface area contributed by atoms with Crippen molar-refractivity contribution in [3.63, 3.8) is 0 Å². The second-order valence-electron chi connectivity index (χ2n) is 7.57. The van der Waals surface area contributed by atoms with Crippen LogP contribution in [0, 0.1) is 3.70 Å². The molecule has 0 amide bonds. The number of methoxy groups -OCH3 is 1. The highest BCUT2D eigenvalue weighted by atomic mass is 127. The minimum Gasteiger partial charge on any atom is -0.464 e. The van der Waals surface area contributed by atoms with Crippen LogP contribution in [0.4, 0.5) is 11.6 Å². The van der Waals surface area contributed by atoms with E-state index in [0.717, 1.165) is 38.8 Å². The molecule has 0 unspecified atom stereocenters. The van der Waals surface area contributed by atoms with E-state index in [4.69, 9.17) is 4.74 Å². The number of aromatic amines is 2. The molecule has 0 saturated heterocycles. The Kier molecular flexibility index (Phi) is 5.34. The van der Waals surface area contributed by atoms with Crippen LogP contribution >= 0.6 is 22.6 Å². The second kappa shape index (κ2) is 8.29. The lowest BCUT2D eigenvalue weighted by Crippen LogP contribution is -2.06. The number of carbonyl (C=O) groups excluding carboxylic acids is 1. The van der Waals surface area contributed by atoms with Gasteiger partial charge in [0.2, 0.25) is 0 Å². The number of esters is 1. The largest absolute Gasteiger partial charge is 0.464 e. The molecule has 0 aromatic carbocycles. The van der Waals surface area contributed by atoms with Gasteiger partial charge < -0.3 is 15.4 Å². The first-order chi connectivity index (χ1) is 15.1. The smallest absolute Gasteiger partial charge is 0.359 e. The molecule has 4 aromatic rings. The van der Waals surface area contributed by atoms with Crippen molar-refractivity contribution in [2.24, 2.45) is 0 Å². The molecular formula is C20H21IN8O2. The first-order valence-electron chi connectivity index (χ1n) is 10.1. The topological polar surface area (TPSA) is 134 Å². The number of pyridine rings is 2. The molecule has 0 aliphatic heterocycles. The Bertz CT molecular complexity index is 1240. The van der Waals surface area contributed by atoms with E-state index < -0.39 is 5.97 Å². The maximum absolute atomic E-state index is 11.6. The number of H-pyrrole nitrogens is 2. The highest BCUT2D eigenvalue weighted by Gasteiger charge is 2.25. The van der Waals surface area contributed by atoms with Gasteiger partial charge in [-0.05, 0) is 60.4 Å². The molecule has 0 spiro atoms. The summed E-state index contributed by atoms with van der Waals surface area (Å²) >= 11 is 2.25.